The highest BCUT2D eigenvalue weighted by molar-refractivity contribution is 5.38. The summed E-state index contributed by atoms with van der Waals surface area (Å²) in [6.07, 6.45) is 12.9. The SMILES string of the molecule is C1=CCC(CNC2CCN(c3ccccn3)CC2)CC1. The van der Waals surface area contributed by atoms with E-state index < -0.39 is 0 Å². The molecule has 0 radical (unpaired) electrons. The zero-order valence-electron chi connectivity index (χ0n) is 12.2. The number of aromatic nitrogens is 1. The van der Waals surface area contributed by atoms with E-state index >= 15 is 0 Å². The molecule has 20 heavy (non-hydrogen) atoms. The third kappa shape index (κ3) is 3.60. The van der Waals surface area contributed by atoms with E-state index in [0.717, 1.165) is 24.8 Å². The Morgan fingerprint density at radius 1 is 1.15 bits per heavy atom. The van der Waals surface area contributed by atoms with Crippen LogP contribution in [-0.4, -0.2) is 30.7 Å². The fraction of sp³-hybridized carbons (Fsp3) is 0.588. The first-order chi connectivity index (χ1) is 9.92. The summed E-state index contributed by atoms with van der Waals surface area (Å²) in [4.78, 5) is 6.85. The second-order valence-corrected chi connectivity index (χ2v) is 6.01. The van der Waals surface area contributed by atoms with Crippen LogP contribution >= 0.6 is 0 Å². The lowest BCUT2D eigenvalue weighted by molar-refractivity contribution is 0.361. The number of rotatable bonds is 4. The van der Waals surface area contributed by atoms with Crippen molar-refractivity contribution in [1.29, 1.82) is 0 Å². The van der Waals surface area contributed by atoms with Crippen LogP contribution in [0.25, 0.3) is 0 Å². The molecule has 1 aromatic heterocycles. The van der Waals surface area contributed by atoms with Gasteiger partial charge >= 0.3 is 0 Å². The van der Waals surface area contributed by atoms with Gasteiger partial charge in [0.15, 0.2) is 0 Å². The van der Waals surface area contributed by atoms with E-state index in [1.165, 1.54) is 38.6 Å². The Bertz CT molecular complexity index is 421. The molecule has 3 nitrogen and oxygen atoms in total. The van der Waals surface area contributed by atoms with Crippen molar-refractivity contribution in [3.05, 3.63) is 36.5 Å². The molecule has 1 atom stereocenters. The molecule has 3 heteroatoms. The van der Waals surface area contributed by atoms with Gasteiger partial charge in [0.05, 0.1) is 0 Å². The van der Waals surface area contributed by atoms with Crippen molar-refractivity contribution < 1.29 is 0 Å². The molecule has 1 aliphatic heterocycles. The van der Waals surface area contributed by atoms with Crippen LogP contribution in [0.3, 0.4) is 0 Å². The smallest absolute Gasteiger partial charge is 0.128 e. The number of allylic oxidation sites excluding steroid dienone is 2. The first-order valence-corrected chi connectivity index (χ1v) is 7.96. The molecule has 0 saturated carbocycles. The van der Waals surface area contributed by atoms with Gasteiger partial charge in [0.2, 0.25) is 0 Å². The summed E-state index contributed by atoms with van der Waals surface area (Å²) < 4.78 is 0. The number of hydrogen-bond donors (Lipinski definition) is 1. The molecule has 1 unspecified atom stereocenters. The van der Waals surface area contributed by atoms with Gasteiger partial charge in [0, 0.05) is 25.3 Å². The maximum atomic E-state index is 4.44. The maximum Gasteiger partial charge on any atom is 0.128 e. The fourth-order valence-electron chi connectivity index (χ4n) is 3.23. The highest BCUT2D eigenvalue weighted by atomic mass is 15.2. The molecule has 1 aliphatic carbocycles. The predicted molar refractivity (Wildman–Crippen MR) is 84.0 cm³/mol. The molecule has 1 N–H and O–H groups in total. The number of hydrogen-bond acceptors (Lipinski definition) is 3. The molecule has 1 aromatic rings. The van der Waals surface area contributed by atoms with Crippen LogP contribution in [0.2, 0.25) is 0 Å². The lowest BCUT2D eigenvalue weighted by Gasteiger charge is -2.34. The Morgan fingerprint density at radius 3 is 2.75 bits per heavy atom. The van der Waals surface area contributed by atoms with Crippen molar-refractivity contribution in [2.45, 2.75) is 38.1 Å². The van der Waals surface area contributed by atoms with Gasteiger partial charge in [-0.1, -0.05) is 18.2 Å². The maximum absolute atomic E-state index is 4.44. The predicted octanol–water partition coefficient (Wildman–Crippen LogP) is 3.00. The van der Waals surface area contributed by atoms with Crippen molar-refractivity contribution >= 4 is 5.82 Å². The minimum absolute atomic E-state index is 0.695. The molecule has 2 heterocycles. The minimum Gasteiger partial charge on any atom is -0.357 e. The van der Waals surface area contributed by atoms with Gasteiger partial charge in [-0.05, 0) is 56.7 Å². The molecule has 108 valence electrons. The second kappa shape index (κ2) is 6.89. The third-order valence-electron chi connectivity index (χ3n) is 4.54. The van der Waals surface area contributed by atoms with Crippen LogP contribution in [0.1, 0.15) is 32.1 Å². The van der Waals surface area contributed by atoms with Crippen molar-refractivity contribution in [1.82, 2.24) is 10.3 Å². The van der Waals surface area contributed by atoms with Gasteiger partial charge in [-0.15, -0.1) is 0 Å². The van der Waals surface area contributed by atoms with Crippen molar-refractivity contribution in [2.75, 3.05) is 24.5 Å². The minimum atomic E-state index is 0.695. The number of piperidine rings is 1. The lowest BCUT2D eigenvalue weighted by atomic mass is 9.93. The molecule has 3 rings (SSSR count). The normalized spacial score (nSPS) is 24.0. The monoisotopic (exact) mass is 271 g/mol. The average molecular weight is 271 g/mol. The molecular formula is C17H25N3. The molecule has 1 fully saturated rings. The van der Waals surface area contributed by atoms with E-state index in [1.54, 1.807) is 0 Å². The molecule has 1 saturated heterocycles. The molecule has 0 spiro atoms. The Labute approximate surface area is 122 Å². The lowest BCUT2D eigenvalue weighted by Crippen LogP contribution is -2.44. The van der Waals surface area contributed by atoms with E-state index in [0.29, 0.717) is 6.04 Å². The fourth-order valence-corrected chi connectivity index (χ4v) is 3.23. The summed E-state index contributed by atoms with van der Waals surface area (Å²) in [5.41, 5.74) is 0. The van der Waals surface area contributed by atoms with E-state index in [9.17, 15) is 0 Å². The van der Waals surface area contributed by atoms with Gasteiger partial charge in [0.1, 0.15) is 5.82 Å². The molecule has 0 bridgehead atoms. The van der Waals surface area contributed by atoms with Gasteiger partial charge in [-0.3, -0.25) is 0 Å². The van der Waals surface area contributed by atoms with E-state index in [2.05, 4.69) is 39.5 Å². The van der Waals surface area contributed by atoms with Gasteiger partial charge < -0.3 is 10.2 Å². The molecule has 0 aromatic carbocycles. The van der Waals surface area contributed by atoms with E-state index in [1.807, 2.05) is 12.3 Å². The highest BCUT2D eigenvalue weighted by Gasteiger charge is 2.20. The van der Waals surface area contributed by atoms with Crippen molar-refractivity contribution in [3.63, 3.8) is 0 Å². The van der Waals surface area contributed by atoms with Crippen LogP contribution in [0.5, 0.6) is 0 Å². The Hall–Kier alpha value is -1.35. The zero-order chi connectivity index (χ0) is 13.6. The van der Waals surface area contributed by atoms with Crippen molar-refractivity contribution in [2.24, 2.45) is 5.92 Å². The second-order valence-electron chi connectivity index (χ2n) is 6.01. The largest absolute Gasteiger partial charge is 0.357 e. The summed E-state index contributed by atoms with van der Waals surface area (Å²) in [6.45, 7) is 3.44. The van der Waals surface area contributed by atoms with Crippen LogP contribution in [-0.2, 0) is 0 Å². The van der Waals surface area contributed by atoms with Crippen LogP contribution in [0.4, 0.5) is 5.82 Å². The summed E-state index contributed by atoms with van der Waals surface area (Å²) in [5.74, 6) is 1.98. The average Bonchev–Trinajstić information content (AvgIpc) is 2.55. The molecular weight excluding hydrogens is 246 g/mol. The summed E-state index contributed by atoms with van der Waals surface area (Å²) in [5, 5.41) is 3.78. The van der Waals surface area contributed by atoms with Gasteiger partial charge in [-0.25, -0.2) is 4.98 Å². The van der Waals surface area contributed by atoms with E-state index in [4.69, 9.17) is 0 Å². The number of pyridine rings is 1. The topological polar surface area (TPSA) is 28.2 Å². The van der Waals surface area contributed by atoms with Crippen LogP contribution in [0, 0.1) is 5.92 Å². The zero-order valence-corrected chi connectivity index (χ0v) is 12.2. The summed E-state index contributed by atoms with van der Waals surface area (Å²) in [6, 6.07) is 6.86. The van der Waals surface area contributed by atoms with Crippen LogP contribution in [0.15, 0.2) is 36.5 Å². The van der Waals surface area contributed by atoms with Gasteiger partial charge in [0.25, 0.3) is 0 Å². The quantitative estimate of drug-likeness (QED) is 0.853. The number of nitrogens with one attached hydrogen (secondary N) is 1. The standard InChI is InChI=1S/C17H25N3/c1-2-6-15(7-3-1)14-19-16-9-12-20(13-10-16)17-8-4-5-11-18-17/h1-2,4-5,8,11,15-16,19H,3,6-7,9-10,12-14H2. The molecule has 0 amide bonds. The first kappa shape index (κ1) is 13.6. The van der Waals surface area contributed by atoms with Crippen molar-refractivity contribution in [3.8, 4) is 0 Å². The number of anilines is 1. The Morgan fingerprint density at radius 2 is 2.05 bits per heavy atom. The van der Waals surface area contributed by atoms with Gasteiger partial charge in [-0.2, -0.15) is 0 Å². The Kier molecular flexibility index (Phi) is 4.69. The van der Waals surface area contributed by atoms with E-state index in [-0.39, 0.29) is 0 Å². The Balaban J connectivity index is 1.41. The molecule has 2 aliphatic rings. The number of nitrogens with zero attached hydrogens (tertiary/aromatic N) is 2. The summed E-state index contributed by atoms with van der Waals surface area (Å²) >= 11 is 0. The summed E-state index contributed by atoms with van der Waals surface area (Å²) in [7, 11) is 0. The highest BCUT2D eigenvalue weighted by Crippen LogP contribution is 2.20. The first-order valence-electron chi connectivity index (χ1n) is 7.96. The van der Waals surface area contributed by atoms with Crippen LogP contribution < -0.4 is 10.2 Å². The third-order valence-corrected chi connectivity index (χ3v) is 4.54.